The minimum Gasteiger partial charge on any atom is -0.375 e. The summed E-state index contributed by atoms with van der Waals surface area (Å²) in [5.74, 6) is -0.522. The molecule has 1 aliphatic heterocycles. The molecule has 2 fully saturated rings. The zero-order valence-corrected chi connectivity index (χ0v) is 11.2. The van der Waals surface area contributed by atoms with E-state index in [0.29, 0.717) is 13.0 Å². The SMILES string of the molecule is Cc1ccc(F)c(C(=O)C2CCOC3(CCC3)C2)c1. The Morgan fingerprint density at radius 1 is 1.42 bits per heavy atom. The minimum atomic E-state index is -0.398. The number of rotatable bonds is 2. The van der Waals surface area contributed by atoms with Crippen LogP contribution < -0.4 is 0 Å². The van der Waals surface area contributed by atoms with E-state index in [1.807, 2.05) is 6.92 Å². The van der Waals surface area contributed by atoms with Gasteiger partial charge >= 0.3 is 0 Å². The van der Waals surface area contributed by atoms with Crippen LogP contribution in [0.4, 0.5) is 4.39 Å². The standard InChI is InChI=1S/C16H19FO2/c1-11-3-4-14(17)13(9-11)15(18)12-5-8-19-16(10-12)6-2-7-16/h3-4,9,12H,2,5-8,10H2,1H3. The quantitative estimate of drug-likeness (QED) is 0.760. The van der Waals surface area contributed by atoms with Crippen LogP contribution in [0.1, 0.15) is 48.0 Å². The number of aryl methyl sites for hydroxylation is 1. The van der Waals surface area contributed by atoms with E-state index in [0.717, 1.165) is 24.8 Å². The maximum atomic E-state index is 13.8. The van der Waals surface area contributed by atoms with Gasteiger partial charge in [0.25, 0.3) is 0 Å². The zero-order valence-electron chi connectivity index (χ0n) is 11.2. The number of carbonyl (C=O) groups is 1. The Labute approximate surface area is 113 Å². The van der Waals surface area contributed by atoms with Gasteiger partial charge in [0.15, 0.2) is 5.78 Å². The third-order valence-electron chi connectivity index (χ3n) is 4.52. The first-order chi connectivity index (χ1) is 9.10. The molecule has 0 radical (unpaired) electrons. The molecule has 3 heteroatoms. The summed E-state index contributed by atoms with van der Waals surface area (Å²) in [6, 6.07) is 4.76. The fourth-order valence-corrected chi connectivity index (χ4v) is 3.22. The van der Waals surface area contributed by atoms with E-state index in [1.54, 1.807) is 12.1 Å². The summed E-state index contributed by atoms with van der Waals surface area (Å²) < 4.78 is 19.6. The molecular formula is C16H19FO2. The van der Waals surface area contributed by atoms with Crippen LogP contribution in [-0.2, 0) is 4.74 Å². The predicted octanol–water partition coefficient (Wildman–Crippen LogP) is 3.67. The molecule has 2 nitrogen and oxygen atoms in total. The summed E-state index contributed by atoms with van der Waals surface area (Å²) >= 11 is 0. The topological polar surface area (TPSA) is 26.3 Å². The first kappa shape index (κ1) is 12.8. The van der Waals surface area contributed by atoms with E-state index in [1.165, 1.54) is 12.5 Å². The molecule has 0 amide bonds. The molecular weight excluding hydrogens is 243 g/mol. The molecule has 102 valence electrons. The maximum absolute atomic E-state index is 13.8. The van der Waals surface area contributed by atoms with E-state index >= 15 is 0 Å². The van der Waals surface area contributed by atoms with Gasteiger partial charge in [-0.25, -0.2) is 4.39 Å². The van der Waals surface area contributed by atoms with Crippen molar-refractivity contribution in [2.75, 3.05) is 6.61 Å². The Bertz CT molecular complexity index is 505. The number of benzene rings is 1. The maximum Gasteiger partial charge on any atom is 0.169 e. The van der Waals surface area contributed by atoms with E-state index < -0.39 is 5.82 Å². The molecule has 0 bridgehead atoms. The van der Waals surface area contributed by atoms with Crippen molar-refractivity contribution >= 4 is 5.78 Å². The van der Waals surface area contributed by atoms with Crippen molar-refractivity contribution < 1.29 is 13.9 Å². The van der Waals surface area contributed by atoms with Crippen molar-refractivity contribution in [3.63, 3.8) is 0 Å². The number of ether oxygens (including phenoxy) is 1. The van der Waals surface area contributed by atoms with Crippen molar-refractivity contribution in [1.29, 1.82) is 0 Å². The van der Waals surface area contributed by atoms with Gasteiger partial charge in [-0.05, 0) is 51.2 Å². The lowest BCUT2D eigenvalue weighted by Crippen LogP contribution is -2.47. The normalized spacial score (nSPS) is 25.1. The molecule has 0 N–H and O–H groups in total. The van der Waals surface area contributed by atoms with Gasteiger partial charge in [0.05, 0.1) is 11.2 Å². The second-order valence-electron chi connectivity index (χ2n) is 5.92. The molecule has 1 saturated carbocycles. The first-order valence-electron chi connectivity index (χ1n) is 7.04. The molecule has 2 aliphatic rings. The first-order valence-corrected chi connectivity index (χ1v) is 7.04. The van der Waals surface area contributed by atoms with Gasteiger partial charge in [0.1, 0.15) is 5.82 Å². The molecule has 1 heterocycles. The lowest BCUT2D eigenvalue weighted by atomic mass is 9.70. The second kappa shape index (κ2) is 4.71. The Hall–Kier alpha value is -1.22. The number of halogens is 1. The highest BCUT2D eigenvalue weighted by Gasteiger charge is 2.44. The van der Waals surface area contributed by atoms with Crippen molar-refractivity contribution in [2.45, 2.75) is 44.6 Å². The Morgan fingerprint density at radius 3 is 2.89 bits per heavy atom. The zero-order chi connectivity index (χ0) is 13.5. The Kier molecular flexibility index (Phi) is 3.17. The summed E-state index contributed by atoms with van der Waals surface area (Å²) in [4.78, 5) is 12.5. The highest BCUT2D eigenvalue weighted by atomic mass is 19.1. The second-order valence-corrected chi connectivity index (χ2v) is 5.92. The van der Waals surface area contributed by atoms with Crippen LogP contribution >= 0.6 is 0 Å². The van der Waals surface area contributed by atoms with Gasteiger partial charge in [-0.3, -0.25) is 4.79 Å². The van der Waals surface area contributed by atoms with Gasteiger partial charge in [-0.15, -0.1) is 0 Å². The van der Waals surface area contributed by atoms with Crippen LogP contribution in [0, 0.1) is 18.7 Å². The van der Waals surface area contributed by atoms with Crippen LogP contribution in [0.25, 0.3) is 0 Å². The van der Waals surface area contributed by atoms with E-state index in [9.17, 15) is 9.18 Å². The lowest BCUT2D eigenvalue weighted by molar-refractivity contribution is -0.137. The molecule has 19 heavy (non-hydrogen) atoms. The minimum absolute atomic E-state index is 0.0456. The van der Waals surface area contributed by atoms with Crippen LogP contribution in [0.5, 0.6) is 0 Å². The van der Waals surface area contributed by atoms with Gasteiger partial charge in [0, 0.05) is 12.5 Å². The Morgan fingerprint density at radius 2 is 2.21 bits per heavy atom. The lowest BCUT2D eigenvalue weighted by Gasteiger charge is -2.46. The van der Waals surface area contributed by atoms with Gasteiger partial charge < -0.3 is 4.74 Å². The molecule has 1 aromatic rings. The van der Waals surface area contributed by atoms with Crippen LogP contribution in [0.15, 0.2) is 18.2 Å². The van der Waals surface area contributed by atoms with E-state index in [2.05, 4.69) is 0 Å². The summed E-state index contributed by atoms with van der Waals surface area (Å²) in [7, 11) is 0. The van der Waals surface area contributed by atoms with Crippen LogP contribution in [-0.4, -0.2) is 18.0 Å². The molecule has 1 aliphatic carbocycles. The van der Waals surface area contributed by atoms with Crippen molar-refractivity contribution in [2.24, 2.45) is 5.92 Å². The molecule has 1 unspecified atom stereocenters. The highest BCUT2D eigenvalue weighted by molar-refractivity contribution is 5.98. The molecule has 1 aromatic carbocycles. The number of hydrogen-bond donors (Lipinski definition) is 0. The molecule has 1 spiro atoms. The number of hydrogen-bond acceptors (Lipinski definition) is 2. The van der Waals surface area contributed by atoms with E-state index in [4.69, 9.17) is 4.74 Å². The van der Waals surface area contributed by atoms with Crippen LogP contribution in [0.3, 0.4) is 0 Å². The van der Waals surface area contributed by atoms with Crippen LogP contribution in [0.2, 0.25) is 0 Å². The largest absolute Gasteiger partial charge is 0.375 e. The third kappa shape index (κ3) is 2.32. The number of Topliss-reactive ketones (excluding diaryl/α,β-unsaturated/α-hetero) is 1. The molecule has 0 aromatic heterocycles. The monoisotopic (exact) mass is 262 g/mol. The average Bonchev–Trinajstić information content (AvgIpc) is 2.39. The van der Waals surface area contributed by atoms with Gasteiger partial charge in [-0.1, -0.05) is 11.6 Å². The smallest absolute Gasteiger partial charge is 0.169 e. The van der Waals surface area contributed by atoms with Gasteiger partial charge in [-0.2, -0.15) is 0 Å². The van der Waals surface area contributed by atoms with Crippen molar-refractivity contribution in [1.82, 2.24) is 0 Å². The number of carbonyl (C=O) groups excluding carboxylic acids is 1. The predicted molar refractivity (Wildman–Crippen MR) is 70.7 cm³/mol. The third-order valence-corrected chi connectivity index (χ3v) is 4.52. The Balaban J connectivity index is 1.81. The molecule has 1 atom stereocenters. The number of ketones is 1. The fraction of sp³-hybridized carbons (Fsp3) is 0.562. The summed E-state index contributed by atoms with van der Waals surface area (Å²) in [5, 5.41) is 0. The summed E-state index contributed by atoms with van der Waals surface area (Å²) in [6.07, 6.45) is 4.76. The molecule has 3 rings (SSSR count). The van der Waals surface area contributed by atoms with Crippen molar-refractivity contribution in [3.05, 3.63) is 35.1 Å². The average molecular weight is 262 g/mol. The van der Waals surface area contributed by atoms with Crippen molar-refractivity contribution in [3.8, 4) is 0 Å². The summed E-state index contributed by atoms with van der Waals surface area (Å²) in [6.45, 7) is 2.51. The molecule has 1 saturated heterocycles. The fourth-order valence-electron chi connectivity index (χ4n) is 3.22. The van der Waals surface area contributed by atoms with Gasteiger partial charge in [0.2, 0.25) is 0 Å². The van der Waals surface area contributed by atoms with E-state index in [-0.39, 0.29) is 22.9 Å². The summed E-state index contributed by atoms with van der Waals surface area (Å²) in [5.41, 5.74) is 1.11. The highest BCUT2D eigenvalue weighted by Crippen LogP contribution is 2.45.